The number of hydrogen-bond donors (Lipinski definition) is 2. The number of azide groups is 1. The van der Waals surface area contributed by atoms with E-state index in [9.17, 15) is 14.3 Å². The van der Waals surface area contributed by atoms with Crippen molar-refractivity contribution in [3.63, 3.8) is 0 Å². The number of nitrogens with zero attached hydrogens (tertiary/aromatic N) is 3. The summed E-state index contributed by atoms with van der Waals surface area (Å²) in [5.74, 6) is -1.16. The second-order valence-electron chi connectivity index (χ2n) is 7.37. The number of carbonyl (C=O) groups is 1. The first-order chi connectivity index (χ1) is 14.5. The number of ether oxygens (including phenoxy) is 2. The Bertz CT molecular complexity index is 910. The van der Waals surface area contributed by atoms with E-state index in [4.69, 9.17) is 20.7 Å². The largest absolute Gasteiger partial charge is 0.395 e. The van der Waals surface area contributed by atoms with Crippen molar-refractivity contribution in [3.05, 3.63) is 63.3 Å². The highest BCUT2D eigenvalue weighted by atomic mass is 19.1. The number of primary amides is 1. The lowest BCUT2D eigenvalue weighted by atomic mass is 9.72. The molecule has 0 bridgehead atoms. The van der Waals surface area contributed by atoms with E-state index in [2.05, 4.69) is 10.0 Å². The number of fused-ring (bicyclic) bond motifs is 2. The average Bonchev–Trinajstić information content (AvgIpc) is 3.03. The van der Waals surface area contributed by atoms with Crippen molar-refractivity contribution < 1.29 is 23.8 Å². The van der Waals surface area contributed by atoms with Crippen LogP contribution in [0, 0.1) is 11.2 Å². The van der Waals surface area contributed by atoms with Gasteiger partial charge < -0.3 is 20.3 Å². The quantitative estimate of drug-likeness (QED) is 0.248. The van der Waals surface area contributed by atoms with Crippen LogP contribution >= 0.6 is 0 Å². The number of carbonyl (C=O) groups excluding carboxylic acids is 1. The van der Waals surface area contributed by atoms with Gasteiger partial charge >= 0.3 is 0 Å². The molecule has 30 heavy (non-hydrogen) atoms. The summed E-state index contributed by atoms with van der Waals surface area (Å²) in [5, 5.41) is 13.3. The van der Waals surface area contributed by atoms with Crippen LogP contribution in [0.4, 0.5) is 4.39 Å². The average molecular weight is 416 g/mol. The van der Waals surface area contributed by atoms with Crippen LogP contribution in [-0.2, 0) is 14.3 Å². The predicted molar refractivity (Wildman–Crippen MR) is 109 cm³/mol. The van der Waals surface area contributed by atoms with Crippen molar-refractivity contribution in [1.29, 1.82) is 0 Å². The molecule has 160 valence electrons. The van der Waals surface area contributed by atoms with Crippen LogP contribution < -0.4 is 5.73 Å². The molecule has 3 N–H and O–H groups in total. The van der Waals surface area contributed by atoms with Gasteiger partial charge in [0.25, 0.3) is 0 Å². The first-order valence-electron chi connectivity index (χ1n) is 9.81. The Balaban J connectivity index is 1.61. The van der Waals surface area contributed by atoms with Crippen molar-refractivity contribution in [3.8, 4) is 0 Å². The van der Waals surface area contributed by atoms with E-state index in [1.165, 1.54) is 12.1 Å². The van der Waals surface area contributed by atoms with Gasteiger partial charge in [0, 0.05) is 24.0 Å². The van der Waals surface area contributed by atoms with E-state index < -0.39 is 11.3 Å². The molecular weight excluding hydrogens is 391 g/mol. The summed E-state index contributed by atoms with van der Waals surface area (Å²) in [6.45, 7) is 1.42. The minimum atomic E-state index is -0.921. The minimum absolute atomic E-state index is 0.165. The smallest absolute Gasteiger partial charge is 0.227 e. The Labute approximate surface area is 173 Å². The number of aliphatic hydroxyl groups is 1. The van der Waals surface area contributed by atoms with E-state index in [0.29, 0.717) is 39.3 Å². The van der Waals surface area contributed by atoms with Gasteiger partial charge in [-0.25, -0.2) is 4.39 Å². The predicted octanol–water partition coefficient (Wildman–Crippen LogP) is 2.83. The molecule has 2 aliphatic rings. The monoisotopic (exact) mass is 416 g/mol. The lowest BCUT2D eigenvalue weighted by molar-refractivity contribution is -0.126. The van der Waals surface area contributed by atoms with Crippen LogP contribution in [0.3, 0.4) is 0 Å². The minimum Gasteiger partial charge on any atom is -0.395 e. The fourth-order valence-corrected chi connectivity index (χ4v) is 4.07. The molecule has 0 radical (unpaired) electrons. The maximum Gasteiger partial charge on any atom is 0.227 e. The molecule has 0 saturated carbocycles. The molecule has 1 amide bonds. The standard InChI is InChI=1S/C21H25FN4O4/c22-14-1-2-15-16-3-4-21(20(23)28,12-18(16)19(13-27)17(15)11-14)5-7-29-9-10-30-8-6-25-26-24/h1-4,11,19,27H,5-10,12-13H2,(H2,23,28). The second kappa shape index (κ2) is 9.86. The summed E-state index contributed by atoms with van der Waals surface area (Å²) < 4.78 is 24.6. The first-order valence-corrected chi connectivity index (χ1v) is 9.81. The van der Waals surface area contributed by atoms with Gasteiger partial charge in [0.15, 0.2) is 0 Å². The Morgan fingerprint density at radius 2 is 2.10 bits per heavy atom. The Hall–Kier alpha value is -2.71. The van der Waals surface area contributed by atoms with Gasteiger partial charge in [-0.2, -0.15) is 0 Å². The molecular formula is C21H25FN4O4. The molecule has 1 aromatic rings. The number of amides is 1. The maximum absolute atomic E-state index is 13.7. The molecule has 1 aromatic carbocycles. The summed E-state index contributed by atoms with van der Waals surface area (Å²) in [4.78, 5) is 15.0. The summed E-state index contributed by atoms with van der Waals surface area (Å²) >= 11 is 0. The van der Waals surface area contributed by atoms with Crippen LogP contribution in [-0.4, -0.2) is 50.6 Å². The van der Waals surface area contributed by atoms with Crippen LogP contribution in [0.1, 0.15) is 29.9 Å². The fourth-order valence-electron chi connectivity index (χ4n) is 4.07. The number of aliphatic hydroxyl groups excluding tert-OH is 1. The molecule has 2 aliphatic carbocycles. The van der Waals surface area contributed by atoms with E-state index in [1.54, 1.807) is 12.1 Å². The number of hydrogen-bond acceptors (Lipinski definition) is 5. The molecule has 2 unspecified atom stereocenters. The van der Waals surface area contributed by atoms with Crippen LogP contribution in [0.2, 0.25) is 0 Å². The number of halogens is 1. The molecule has 9 heteroatoms. The van der Waals surface area contributed by atoms with Gasteiger partial charge in [-0.15, -0.1) is 0 Å². The maximum atomic E-state index is 13.7. The third-order valence-electron chi connectivity index (χ3n) is 5.66. The van der Waals surface area contributed by atoms with E-state index in [1.807, 2.05) is 6.08 Å². The SMILES string of the molecule is [N-]=[N+]=NCCOCCOCCC1(C(N)=O)C=CC2=C(C1)C(CO)c1cc(F)ccc12. The molecule has 0 fully saturated rings. The summed E-state index contributed by atoms with van der Waals surface area (Å²) in [5.41, 5.74) is 16.5. The molecule has 0 spiro atoms. The number of rotatable bonds is 11. The van der Waals surface area contributed by atoms with Crippen molar-refractivity contribution in [2.45, 2.75) is 18.8 Å². The van der Waals surface area contributed by atoms with Gasteiger partial charge in [0.05, 0.1) is 31.8 Å². The number of allylic oxidation sites excluding steroid dienone is 2. The summed E-state index contributed by atoms with van der Waals surface area (Å²) in [6.07, 6.45) is 4.41. The van der Waals surface area contributed by atoms with E-state index in [0.717, 1.165) is 22.3 Å². The topological polar surface area (TPSA) is 131 Å². The zero-order chi connectivity index (χ0) is 21.6. The van der Waals surface area contributed by atoms with Crippen LogP contribution in [0.25, 0.3) is 16.0 Å². The molecule has 3 rings (SSSR count). The molecule has 0 aliphatic heterocycles. The third kappa shape index (κ3) is 4.55. The number of benzene rings is 1. The van der Waals surface area contributed by atoms with Gasteiger partial charge in [-0.3, -0.25) is 4.79 Å². The molecule has 0 aromatic heterocycles. The lowest BCUT2D eigenvalue weighted by Crippen LogP contribution is -2.38. The fraction of sp³-hybridized carbons (Fsp3) is 0.476. The van der Waals surface area contributed by atoms with Gasteiger partial charge in [-0.1, -0.05) is 28.9 Å². The van der Waals surface area contributed by atoms with Gasteiger partial charge in [0.2, 0.25) is 5.91 Å². The van der Waals surface area contributed by atoms with Gasteiger partial charge in [-0.05, 0) is 47.2 Å². The second-order valence-corrected chi connectivity index (χ2v) is 7.37. The first kappa shape index (κ1) is 22.0. The highest BCUT2D eigenvalue weighted by Crippen LogP contribution is 2.51. The van der Waals surface area contributed by atoms with E-state index in [-0.39, 0.29) is 24.9 Å². The zero-order valence-electron chi connectivity index (χ0n) is 16.6. The highest BCUT2D eigenvalue weighted by Gasteiger charge is 2.42. The van der Waals surface area contributed by atoms with Crippen LogP contribution in [0.15, 0.2) is 41.0 Å². The number of nitrogens with two attached hydrogens (primary N) is 1. The van der Waals surface area contributed by atoms with Crippen molar-refractivity contribution in [2.75, 3.05) is 39.6 Å². The summed E-state index contributed by atoms with van der Waals surface area (Å²) in [7, 11) is 0. The normalized spacial score (nSPS) is 21.9. The molecule has 8 nitrogen and oxygen atoms in total. The lowest BCUT2D eigenvalue weighted by Gasteiger charge is -2.32. The Morgan fingerprint density at radius 3 is 2.80 bits per heavy atom. The molecule has 0 saturated heterocycles. The van der Waals surface area contributed by atoms with Crippen molar-refractivity contribution >= 4 is 11.5 Å². The molecule has 2 atom stereocenters. The Morgan fingerprint density at radius 1 is 1.33 bits per heavy atom. The zero-order valence-corrected chi connectivity index (χ0v) is 16.6. The highest BCUT2D eigenvalue weighted by molar-refractivity contribution is 5.91. The van der Waals surface area contributed by atoms with Gasteiger partial charge in [0.1, 0.15) is 5.82 Å². The van der Waals surface area contributed by atoms with Crippen molar-refractivity contribution in [1.82, 2.24) is 0 Å². The molecule has 0 heterocycles. The Kier molecular flexibility index (Phi) is 7.23. The van der Waals surface area contributed by atoms with E-state index >= 15 is 0 Å². The van der Waals surface area contributed by atoms with Crippen LogP contribution in [0.5, 0.6) is 0 Å². The third-order valence-corrected chi connectivity index (χ3v) is 5.66. The van der Waals surface area contributed by atoms with Crippen molar-refractivity contribution in [2.24, 2.45) is 16.3 Å². The summed E-state index contributed by atoms with van der Waals surface area (Å²) in [6, 6.07) is 4.55.